The van der Waals surface area contributed by atoms with Gasteiger partial charge in [0.15, 0.2) is 6.61 Å². The molecule has 2 aromatic rings. The molecule has 0 spiro atoms. The number of ether oxygens (including phenoxy) is 1. The van der Waals surface area contributed by atoms with E-state index in [-0.39, 0.29) is 18.6 Å². The molecule has 0 N–H and O–H groups in total. The average molecular weight is 404 g/mol. The number of nitrogens with zero attached hydrogens (tertiary/aromatic N) is 3. The van der Waals surface area contributed by atoms with Crippen molar-refractivity contribution < 1.29 is 9.53 Å². The number of carbonyl (C=O) groups is 1. The van der Waals surface area contributed by atoms with Crippen LogP contribution in [0.25, 0.3) is 0 Å². The maximum Gasteiger partial charge on any atom is 0.260 e. The van der Waals surface area contributed by atoms with Gasteiger partial charge in [-0.1, -0.05) is 59.6 Å². The largest absolute Gasteiger partial charge is 0.482 e. The summed E-state index contributed by atoms with van der Waals surface area (Å²) in [6.45, 7) is 2.28. The summed E-state index contributed by atoms with van der Waals surface area (Å²) in [5.41, 5.74) is 0.971. The number of amides is 1. The number of nitriles is 1. The molecule has 0 radical (unpaired) electrons. The molecule has 1 aliphatic heterocycles. The summed E-state index contributed by atoms with van der Waals surface area (Å²) in [5, 5.41) is 10.2. The van der Waals surface area contributed by atoms with Crippen LogP contribution in [0.1, 0.15) is 11.6 Å². The minimum atomic E-state index is -0.301. The quantitative estimate of drug-likeness (QED) is 0.761. The summed E-state index contributed by atoms with van der Waals surface area (Å²) >= 11 is 12.0. The van der Waals surface area contributed by atoms with E-state index in [0.29, 0.717) is 42.0 Å². The SMILES string of the molecule is N#CC(c1ccccc1)N1CCN(C(=O)COc2cccc(Cl)c2Cl)CC1. The van der Waals surface area contributed by atoms with E-state index in [1.807, 2.05) is 30.3 Å². The zero-order chi connectivity index (χ0) is 19.2. The fourth-order valence-electron chi connectivity index (χ4n) is 3.06. The van der Waals surface area contributed by atoms with Crippen LogP contribution in [0, 0.1) is 11.3 Å². The minimum Gasteiger partial charge on any atom is -0.482 e. The summed E-state index contributed by atoms with van der Waals surface area (Å²) in [6.07, 6.45) is 0. The molecule has 1 heterocycles. The van der Waals surface area contributed by atoms with E-state index in [1.54, 1.807) is 23.1 Å². The van der Waals surface area contributed by atoms with E-state index in [2.05, 4.69) is 11.0 Å². The summed E-state index contributed by atoms with van der Waals surface area (Å²) in [4.78, 5) is 16.3. The van der Waals surface area contributed by atoms with Gasteiger partial charge in [0, 0.05) is 26.2 Å². The zero-order valence-corrected chi connectivity index (χ0v) is 16.2. The van der Waals surface area contributed by atoms with E-state index in [4.69, 9.17) is 27.9 Å². The first-order chi connectivity index (χ1) is 13.1. The molecule has 0 bridgehead atoms. The molecule has 1 atom stereocenters. The summed E-state index contributed by atoms with van der Waals surface area (Å²) in [5.74, 6) is 0.281. The lowest BCUT2D eigenvalue weighted by Gasteiger charge is -2.37. The van der Waals surface area contributed by atoms with E-state index in [1.165, 1.54) is 0 Å². The second-order valence-electron chi connectivity index (χ2n) is 6.20. The molecular formula is C20H19Cl2N3O2. The van der Waals surface area contributed by atoms with Crippen molar-refractivity contribution in [1.29, 1.82) is 5.26 Å². The highest BCUT2D eigenvalue weighted by Gasteiger charge is 2.27. The van der Waals surface area contributed by atoms with Gasteiger partial charge in [-0.25, -0.2) is 0 Å². The van der Waals surface area contributed by atoms with Gasteiger partial charge in [-0.05, 0) is 17.7 Å². The van der Waals surface area contributed by atoms with Crippen LogP contribution in [0.15, 0.2) is 48.5 Å². The first-order valence-electron chi connectivity index (χ1n) is 8.63. The van der Waals surface area contributed by atoms with Crippen LogP contribution in [-0.2, 0) is 4.79 Å². The third-order valence-electron chi connectivity index (χ3n) is 4.54. The molecule has 1 fully saturated rings. The van der Waals surface area contributed by atoms with Crippen molar-refractivity contribution in [3.63, 3.8) is 0 Å². The number of carbonyl (C=O) groups excluding carboxylic acids is 1. The lowest BCUT2D eigenvalue weighted by Crippen LogP contribution is -2.50. The van der Waals surface area contributed by atoms with Crippen molar-refractivity contribution in [2.75, 3.05) is 32.8 Å². The monoisotopic (exact) mass is 403 g/mol. The Balaban J connectivity index is 1.53. The Kier molecular flexibility index (Phi) is 6.57. The number of rotatable bonds is 5. The van der Waals surface area contributed by atoms with Crippen molar-refractivity contribution in [2.45, 2.75) is 6.04 Å². The molecule has 2 aromatic carbocycles. The van der Waals surface area contributed by atoms with Crippen LogP contribution >= 0.6 is 23.2 Å². The summed E-state index contributed by atoms with van der Waals surface area (Å²) < 4.78 is 5.52. The Bertz CT molecular complexity index is 831. The van der Waals surface area contributed by atoms with E-state index in [9.17, 15) is 10.1 Å². The molecule has 1 amide bonds. The summed E-state index contributed by atoms with van der Waals surface area (Å²) in [6, 6.07) is 16.8. The second-order valence-corrected chi connectivity index (χ2v) is 6.98. The van der Waals surface area contributed by atoms with Gasteiger partial charge >= 0.3 is 0 Å². The van der Waals surface area contributed by atoms with Gasteiger partial charge < -0.3 is 9.64 Å². The van der Waals surface area contributed by atoms with Crippen molar-refractivity contribution in [3.05, 3.63) is 64.1 Å². The third kappa shape index (κ3) is 4.72. The Morgan fingerprint density at radius 1 is 1.07 bits per heavy atom. The highest BCUT2D eigenvalue weighted by atomic mass is 35.5. The van der Waals surface area contributed by atoms with Crippen LogP contribution in [0.5, 0.6) is 5.75 Å². The molecule has 1 aliphatic rings. The number of hydrogen-bond donors (Lipinski definition) is 0. The van der Waals surface area contributed by atoms with E-state index >= 15 is 0 Å². The Labute approximate surface area is 168 Å². The zero-order valence-electron chi connectivity index (χ0n) is 14.6. The molecule has 0 aromatic heterocycles. The lowest BCUT2D eigenvalue weighted by molar-refractivity contribution is -0.135. The lowest BCUT2D eigenvalue weighted by atomic mass is 10.1. The van der Waals surface area contributed by atoms with Crippen molar-refractivity contribution in [1.82, 2.24) is 9.80 Å². The van der Waals surface area contributed by atoms with Crippen LogP contribution in [0.4, 0.5) is 0 Å². The number of benzene rings is 2. The Morgan fingerprint density at radius 2 is 1.78 bits per heavy atom. The van der Waals surface area contributed by atoms with Gasteiger partial charge in [0.05, 0.1) is 11.1 Å². The van der Waals surface area contributed by atoms with Crippen LogP contribution in [0.2, 0.25) is 10.0 Å². The van der Waals surface area contributed by atoms with Gasteiger partial charge in [0.1, 0.15) is 16.8 Å². The molecule has 3 rings (SSSR count). The molecule has 0 saturated carbocycles. The maximum atomic E-state index is 12.4. The molecule has 0 aliphatic carbocycles. The predicted octanol–water partition coefficient (Wildman–Crippen LogP) is 3.78. The molecule has 7 heteroatoms. The molecule has 1 saturated heterocycles. The Morgan fingerprint density at radius 3 is 2.44 bits per heavy atom. The number of halogens is 2. The third-order valence-corrected chi connectivity index (χ3v) is 5.34. The van der Waals surface area contributed by atoms with Crippen molar-refractivity contribution >= 4 is 29.1 Å². The van der Waals surface area contributed by atoms with E-state index in [0.717, 1.165) is 5.56 Å². The Hall–Kier alpha value is -2.26. The topological polar surface area (TPSA) is 56.6 Å². The smallest absolute Gasteiger partial charge is 0.260 e. The van der Waals surface area contributed by atoms with Crippen LogP contribution in [0.3, 0.4) is 0 Å². The molecule has 140 valence electrons. The maximum absolute atomic E-state index is 12.4. The highest BCUT2D eigenvalue weighted by Crippen LogP contribution is 2.31. The van der Waals surface area contributed by atoms with Gasteiger partial charge in [0.25, 0.3) is 5.91 Å². The van der Waals surface area contributed by atoms with Gasteiger partial charge in [-0.15, -0.1) is 0 Å². The fraction of sp³-hybridized carbons (Fsp3) is 0.300. The molecule has 27 heavy (non-hydrogen) atoms. The number of hydrogen-bond acceptors (Lipinski definition) is 4. The molecule has 5 nitrogen and oxygen atoms in total. The molecule has 1 unspecified atom stereocenters. The van der Waals surface area contributed by atoms with Crippen LogP contribution < -0.4 is 4.74 Å². The average Bonchev–Trinajstić information content (AvgIpc) is 2.71. The van der Waals surface area contributed by atoms with Gasteiger partial charge in [0.2, 0.25) is 0 Å². The number of piperazine rings is 1. The standard InChI is InChI=1S/C20H19Cl2N3O2/c21-16-7-4-8-18(20(16)22)27-14-19(26)25-11-9-24(10-12-25)17(13-23)15-5-2-1-3-6-15/h1-8,17H,9-12,14H2. The van der Waals surface area contributed by atoms with Crippen molar-refractivity contribution in [2.24, 2.45) is 0 Å². The fourth-order valence-corrected chi connectivity index (χ4v) is 3.40. The first-order valence-corrected chi connectivity index (χ1v) is 9.39. The van der Waals surface area contributed by atoms with Gasteiger partial charge in [-0.2, -0.15) is 5.26 Å². The predicted molar refractivity (Wildman–Crippen MR) is 105 cm³/mol. The minimum absolute atomic E-state index is 0.0968. The van der Waals surface area contributed by atoms with E-state index < -0.39 is 0 Å². The second kappa shape index (κ2) is 9.09. The van der Waals surface area contributed by atoms with Crippen molar-refractivity contribution in [3.8, 4) is 11.8 Å². The first kappa shape index (κ1) is 19.5. The van der Waals surface area contributed by atoms with Crippen LogP contribution in [-0.4, -0.2) is 48.5 Å². The highest BCUT2D eigenvalue weighted by molar-refractivity contribution is 6.42. The summed E-state index contributed by atoms with van der Waals surface area (Å²) in [7, 11) is 0. The molecular weight excluding hydrogens is 385 g/mol. The normalized spacial score (nSPS) is 15.8. The van der Waals surface area contributed by atoms with Gasteiger partial charge in [-0.3, -0.25) is 9.69 Å².